The van der Waals surface area contributed by atoms with Gasteiger partial charge in [-0.2, -0.15) is 0 Å². The van der Waals surface area contributed by atoms with Crippen molar-refractivity contribution in [3.05, 3.63) is 0 Å². The summed E-state index contributed by atoms with van der Waals surface area (Å²) in [5.41, 5.74) is -0.404. The first kappa shape index (κ1) is 21.3. The summed E-state index contributed by atoms with van der Waals surface area (Å²) in [6.07, 6.45) is 1.12. The first-order valence-electron chi connectivity index (χ1n) is 8.42. The lowest BCUT2D eigenvalue weighted by Gasteiger charge is -2.31. The van der Waals surface area contributed by atoms with Gasteiger partial charge in [0, 0.05) is 43.3 Å². The van der Waals surface area contributed by atoms with Crippen molar-refractivity contribution in [2.75, 3.05) is 19.6 Å². The Bertz CT molecular complexity index is 348. The van der Waals surface area contributed by atoms with Crippen LogP contribution in [0.4, 0.5) is 0 Å². The van der Waals surface area contributed by atoms with E-state index in [0.717, 1.165) is 19.6 Å². The highest BCUT2D eigenvalue weighted by Crippen LogP contribution is 2.21. The Morgan fingerprint density at radius 1 is 0.682 bits per heavy atom. The van der Waals surface area contributed by atoms with Gasteiger partial charge in [0.05, 0.1) is 0 Å². The summed E-state index contributed by atoms with van der Waals surface area (Å²) >= 11 is 0. The van der Waals surface area contributed by atoms with Crippen LogP contribution in [0.1, 0.15) is 75.2 Å². The van der Waals surface area contributed by atoms with Crippen LogP contribution < -0.4 is 0 Å². The quantitative estimate of drug-likeness (QED) is 0.701. The van der Waals surface area contributed by atoms with Gasteiger partial charge in [0.1, 0.15) is 11.6 Å². The molecule has 0 saturated heterocycles. The molecule has 0 heterocycles. The van der Waals surface area contributed by atoms with Crippen LogP contribution in [0.15, 0.2) is 0 Å². The number of carbonyl (C=O) groups excluding carboxylic acids is 2. The van der Waals surface area contributed by atoms with Crippen molar-refractivity contribution >= 4 is 11.6 Å². The van der Waals surface area contributed by atoms with Crippen LogP contribution in [0, 0.1) is 16.2 Å². The first-order chi connectivity index (χ1) is 9.63. The predicted molar refractivity (Wildman–Crippen MR) is 94.1 cm³/mol. The molecule has 0 aromatic carbocycles. The number of carbonyl (C=O) groups is 2. The van der Waals surface area contributed by atoms with E-state index in [1.54, 1.807) is 0 Å². The molecule has 0 bridgehead atoms. The molecule has 0 aromatic rings. The lowest BCUT2D eigenvalue weighted by Crippen LogP contribution is -2.38. The summed E-state index contributed by atoms with van der Waals surface area (Å²) in [7, 11) is 0. The lowest BCUT2D eigenvalue weighted by molar-refractivity contribution is -0.127. The zero-order chi connectivity index (χ0) is 17.8. The van der Waals surface area contributed by atoms with Crippen LogP contribution >= 0.6 is 0 Å². The highest BCUT2D eigenvalue weighted by atomic mass is 16.1. The van der Waals surface area contributed by atoms with E-state index in [-0.39, 0.29) is 27.8 Å². The molecule has 0 spiro atoms. The Labute approximate surface area is 137 Å². The van der Waals surface area contributed by atoms with E-state index in [1.807, 2.05) is 41.5 Å². The molecule has 0 saturated carbocycles. The standard InChI is InChI=1S/C19H37NO2/c1-17(2,3)14-20(12-10-15(21)18(4,5)6)13-11-16(22)19(7,8)9/h10-14H2,1-9H3. The van der Waals surface area contributed by atoms with E-state index in [4.69, 9.17) is 0 Å². The normalized spacial score (nSPS) is 13.5. The van der Waals surface area contributed by atoms with Crippen LogP contribution in [0.2, 0.25) is 0 Å². The Morgan fingerprint density at radius 2 is 1.00 bits per heavy atom. The second kappa shape index (κ2) is 7.72. The number of ketones is 2. The highest BCUT2D eigenvalue weighted by molar-refractivity contribution is 5.84. The molecule has 0 aliphatic rings. The lowest BCUT2D eigenvalue weighted by atomic mass is 9.88. The monoisotopic (exact) mass is 311 g/mol. The SMILES string of the molecule is CC(C)(C)CN(CCC(=O)C(C)(C)C)CCC(=O)C(C)(C)C. The number of Topliss-reactive ketones (excluding diaryl/α,β-unsaturated/α-hetero) is 2. The zero-order valence-corrected chi connectivity index (χ0v) is 16.3. The highest BCUT2D eigenvalue weighted by Gasteiger charge is 2.25. The van der Waals surface area contributed by atoms with E-state index >= 15 is 0 Å². The molecule has 3 heteroatoms. The zero-order valence-electron chi connectivity index (χ0n) is 16.3. The molecule has 130 valence electrons. The van der Waals surface area contributed by atoms with Gasteiger partial charge in [0.2, 0.25) is 0 Å². The maximum atomic E-state index is 12.1. The molecule has 0 aliphatic carbocycles. The minimum Gasteiger partial charge on any atom is -0.302 e. The molecule has 0 unspecified atom stereocenters. The summed E-state index contributed by atoms with van der Waals surface area (Å²) in [6, 6.07) is 0. The molecule has 0 fully saturated rings. The van der Waals surface area contributed by atoms with Gasteiger partial charge < -0.3 is 4.90 Å². The van der Waals surface area contributed by atoms with Gasteiger partial charge in [-0.25, -0.2) is 0 Å². The summed E-state index contributed by atoms with van der Waals surface area (Å²) in [4.78, 5) is 26.5. The van der Waals surface area contributed by atoms with Crippen LogP contribution in [0.3, 0.4) is 0 Å². The van der Waals surface area contributed by atoms with Crippen LogP contribution in [-0.2, 0) is 9.59 Å². The molecular weight excluding hydrogens is 274 g/mol. The van der Waals surface area contributed by atoms with Crippen molar-refractivity contribution in [2.45, 2.75) is 75.2 Å². The third-order valence-corrected chi connectivity index (χ3v) is 3.68. The average Bonchev–Trinajstić information content (AvgIpc) is 2.27. The van der Waals surface area contributed by atoms with Gasteiger partial charge in [-0.15, -0.1) is 0 Å². The second-order valence-electron chi connectivity index (χ2n) is 9.68. The third-order valence-electron chi connectivity index (χ3n) is 3.68. The summed E-state index contributed by atoms with van der Waals surface area (Å²) in [5.74, 6) is 0.571. The van der Waals surface area contributed by atoms with Crippen molar-refractivity contribution in [2.24, 2.45) is 16.2 Å². The number of hydrogen-bond acceptors (Lipinski definition) is 3. The number of hydrogen-bond donors (Lipinski definition) is 0. The first-order valence-corrected chi connectivity index (χ1v) is 8.42. The Kier molecular flexibility index (Phi) is 7.47. The van der Waals surface area contributed by atoms with E-state index in [0.29, 0.717) is 12.8 Å². The second-order valence-corrected chi connectivity index (χ2v) is 9.68. The summed E-state index contributed by atoms with van der Waals surface area (Å²) < 4.78 is 0. The molecule has 0 amide bonds. The largest absolute Gasteiger partial charge is 0.302 e. The Balaban J connectivity index is 4.65. The minimum absolute atomic E-state index is 0.162. The Hall–Kier alpha value is -0.700. The van der Waals surface area contributed by atoms with Crippen LogP contribution in [0.25, 0.3) is 0 Å². The van der Waals surface area contributed by atoms with Gasteiger partial charge in [0.25, 0.3) is 0 Å². The summed E-state index contributed by atoms with van der Waals surface area (Å²) in [6.45, 7) is 20.8. The maximum Gasteiger partial charge on any atom is 0.139 e. The van der Waals surface area contributed by atoms with E-state index < -0.39 is 0 Å². The van der Waals surface area contributed by atoms with E-state index in [1.165, 1.54) is 0 Å². The molecule has 0 radical (unpaired) electrons. The molecule has 0 aromatic heterocycles. The van der Waals surface area contributed by atoms with E-state index in [2.05, 4.69) is 25.7 Å². The topological polar surface area (TPSA) is 37.4 Å². The van der Waals surface area contributed by atoms with Crippen LogP contribution in [-0.4, -0.2) is 36.1 Å². The van der Waals surface area contributed by atoms with E-state index in [9.17, 15) is 9.59 Å². The van der Waals surface area contributed by atoms with Crippen molar-refractivity contribution < 1.29 is 9.59 Å². The van der Waals surface area contributed by atoms with Crippen molar-refractivity contribution in [1.29, 1.82) is 0 Å². The molecule has 0 aliphatic heterocycles. The predicted octanol–water partition coefficient (Wildman–Crippen LogP) is 4.35. The van der Waals surface area contributed by atoms with Gasteiger partial charge in [0.15, 0.2) is 0 Å². The molecular formula is C19H37NO2. The van der Waals surface area contributed by atoms with Gasteiger partial charge >= 0.3 is 0 Å². The fourth-order valence-electron chi connectivity index (χ4n) is 2.21. The van der Waals surface area contributed by atoms with Crippen molar-refractivity contribution in [3.8, 4) is 0 Å². The van der Waals surface area contributed by atoms with Gasteiger partial charge in [-0.05, 0) is 5.41 Å². The molecule has 22 heavy (non-hydrogen) atoms. The average molecular weight is 312 g/mol. The Morgan fingerprint density at radius 3 is 1.23 bits per heavy atom. The molecule has 0 rings (SSSR count). The molecule has 0 N–H and O–H groups in total. The van der Waals surface area contributed by atoms with Crippen molar-refractivity contribution in [1.82, 2.24) is 4.90 Å². The number of rotatable bonds is 7. The van der Waals surface area contributed by atoms with Crippen molar-refractivity contribution in [3.63, 3.8) is 0 Å². The maximum absolute atomic E-state index is 12.1. The molecule has 0 atom stereocenters. The van der Waals surface area contributed by atoms with Crippen LogP contribution in [0.5, 0.6) is 0 Å². The summed E-state index contributed by atoms with van der Waals surface area (Å²) in [5, 5.41) is 0. The fraction of sp³-hybridized carbons (Fsp3) is 0.895. The van der Waals surface area contributed by atoms with Gasteiger partial charge in [-0.1, -0.05) is 62.3 Å². The third kappa shape index (κ3) is 9.34. The van der Waals surface area contributed by atoms with Gasteiger partial charge in [-0.3, -0.25) is 9.59 Å². The molecule has 3 nitrogen and oxygen atoms in total. The smallest absolute Gasteiger partial charge is 0.139 e. The number of nitrogens with zero attached hydrogens (tertiary/aromatic N) is 1. The minimum atomic E-state index is -0.283. The fourth-order valence-corrected chi connectivity index (χ4v) is 2.21.